The highest BCUT2D eigenvalue weighted by atomic mass is 35.5. The van der Waals surface area contributed by atoms with Crippen molar-refractivity contribution in [3.8, 4) is 12.1 Å². The second kappa shape index (κ2) is 9.28. The van der Waals surface area contributed by atoms with E-state index in [2.05, 4.69) is 21.0 Å². The number of hydrogen-bond donors (Lipinski definition) is 0. The first-order valence-corrected chi connectivity index (χ1v) is 6.74. The maximum atomic E-state index is 8.70. The van der Waals surface area contributed by atoms with Crippen molar-refractivity contribution in [3.05, 3.63) is 5.28 Å². The molecule has 0 fully saturated rings. The molecule has 0 atom stereocenters. The number of methoxy groups -OCH3 is 1. The molecule has 0 aliphatic rings. The fourth-order valence-electron chi connectivity index (χ4n) is 1.42. The lowest BCUT2D eigenvalue weighted by Gasteiger charge is -2.21. The molecular formula is C12H18ClN5O2. The molecule has 1 aromatic heterocycles. The molecule has 7 nitrogen and oxygen atoms in total. The molecule has 0 saturated heterocycles. The molecule has 20 heavy (non-hydrogen) atoms. The molecule has 0 bridgehead atoms. The van der Waals surface area contributed by atoms with Gasteiger partial charge in [-0.15, -0.1) is 0 Å². The Morgan fingerprint density at radius 2 is 2.05 bits per heavy atom. The van der Waals surface area contributed by atoms with Crippen molar-refractivity contribution in [1.82, 2.24) is 15.0 Å². The molecule has 0 radical (unpaired) electrons. The van der Waals surface area contributed by atoms with Crippen LogP contribution in [-0.2, 0) is 4.74 Å². The van der Waals surface area contributed by atoms with E-state index < -0.39 is 0 Å². The van der Waals surface area contributed by atoms with E-state index in [1.165, 1.54) is 0 Å². The first kappa shape index (κ1) is 16.4. The van der Waals surface area contributed by atoms with Gasteiger partial charge < -0.3 is 14.4 Å². The van der Waals surface area contributed by atoms with E-state index in [1.807, 2.05) is 11.8 Å². The summed E-state index contributed by atoms with van der Waals surface area (Å²) in [5, 5.41) is 8.77. The van der Waals surface area contributed by atoms with E-state index in [1.54, 1.807) is 7.11 Å². The number of rotatable bonds is 9. The Kier molecular flexibility index (Phi) is 7.62. The van der Waals surface area contributed by atoms with Crippen LogP contribution in [0.4, 0.5) is 5.95 Å². The quantitative estimate of drug-likeness (QED) is 0.686. The van der Waals surface area contributed by atoms with Crippen LogP contribution in [0.15, 0.2) is 0 Å². The summed E-state index contributed by atoms with van der Waals surface area (Å²) in [4.78, 5) is 14.0. The summed E-state index contributed by atoms with van der Waals surface area (Å²) >= 11 is 5.88. The zero-order chi connectivity index (χ0) is 14.8. The van der Waals surface area contributed by atoms with E-state index >= 15 is 0 Å². The van der Waals surface area contributed by atoms with E-state index in [0.29, 0.717) is 38.7 Å². The standard InChI is InChI=1S/C12H18ClN5O2/c1-3-8-20-12-16-10(13)15-11(17-12)18(6-4-5-14)7-9-19-2/h3-4,6-9H2,1-2H3. The van der Waals surface area contributed by atoms with Gasteiger partial charge in [-0.1, -0.05) is 6.92 Å². The fraction of sp³-hybridized carbons (Fsp3) is 0.667. The Morgan fingerprint density at radius 3 is 2.70 bits per heavy atom. The van der Waals surface area contributed by atoms with E-state index in [4.69, 9.17) is 26.3 Å². The Labute approximate surface area is 123 Å². The smallest absolute Gasteiger partial charge is 0.322 e. The zero-order valence-electron chi connectivity index (χ0n) is 11.7. The van der Waals surface area contributed by atoms with Gasteiger partial charge in [-0.05, 0) is 18.0 Å². The summed E-state index contributed by atoms with van der Waals surface area (Å²) in [6.45, 7) is 4.05. The minimum Gasteiger partial charge on any atom is -0.463 e. The predicted octanol–water partition coefficient (Wildman–Crippen LogP) is 1.68. The molecule has 0 aliphatic heterocycles. The molecule has 1 aromatic rings. The maximum absolute atomic E-state index is 8.70. The lowest BCUT2D eigenvalue weighted by molar-refractivity contribution is 0.205. The summed E-state index contributed by atoms with van der Waals surface area (Å²) < 4.78 is 10.4. The minimum atomic E-state index is 0.0699. The number of ether oxygens (including phenoxy) is 2. The summed E-state index contributed by atoms with van der Waals surface area (Å²) in [7, 11) is 1.61. The number of nitriles is 1. The Bertz CT molecular complexity index is 452. The van der Waals surface area contributed by atoms with Crippen LogP contribution >= 0.6 is 11.6 Å². The summed E-state index contributed by atoms with van der Waals surface area (Å²) in [5.41, 5.74) is 0. The molecule has 0 aliphatic carbocycles. The molecule has 0 N–H and O–H groups in total. The van der Waals surface area contributed by atoms with Gasteiger partial charge in [0, 0.05) is 20.2 Å². The molecule has 8 heteroatoms. The second-order valence-corrected chi connectivity index (χ2v) is 4.26. The van der Waals surface area contributed by atoms with Crippen LogP contribution in [-0.4, -0.2) is 48.4 Å². The lowest BCUT2D eigenvalue weighted by atomic mass is 10.4. The van der Waals surface area contributed by atoms with Gasteiger partial charge in [0.05, 0.1) is 25.7 Å². The van der Waals surface area contributed by atoms with Gasteiger partial charge >= 0.3 is 6.01 Å². The van der Waals surface area contributed by atoms with Gasteiger partial charge in [0.15, 0.2) is 0 Å². The van der Waals surface area contributed by atoms with Gasteiger partial charge in [0.1, 0.15) is 0 Å². The van der Waals surface area contributed by atoms with Gasteiger partial charge in [0.2, 0.25) is 11.2 Å². The van der Waals surface area contributed by atoms with Crippen LogP contribution in [0.3, 0.4) is 0 Å². The average Bonchev–Trinajstić information content (AvgIpc) is 2.44. The topological polar surface area (TPSA) is 84.2 Å². The monoisotopic (exact) mass is 299 g/mol. The van der Waals surface area contributed by atoms with Gasteiger partial charge in [0.25, 0.3) is 0 Å². The van der Waals surface area contributed by atoms with E-state index in [0.717, 1.165) is 6.42 Å². The van der Waals surface area contributed by atoms with Crippen molar-refractivity contribution in [2.24, 2.45) is 0 Å². The predicted molar refractivity (Wildman–Crippen MR) is 74.9 cm³/mol. The largest absolute Gasteiger partial charge is 0.463 e. The SMILES string of the molecule is CCCOc1nc(Cl)nc(N(CCC#N)CCOC)n1. The van der Waals surface area contributed by atoms with Crippen LogP contribution in [0, 0.1) is 11.3 Å². The van der Waals surface area contributed by atoms with Crippen LogP contribution < -0.4 is 9.64 Å². The first-order valence-electron chi connectivity index (χ1n) is 6.36. The zero-order valence-corrected chi connectivity index (χ0v) is 12.4. The van der Waals surface area contributed by atoms with Gasteiger partial charge in [-0.25, -0.2) is 0 Å². The third-order valence-corrected chi connectivity index (χ3v) is 2.52. The Hall–Kier alpha value is -1.65. The number of anilines is 1. The van der Waals surface area contributed by atoms with Gasteiger partial charge in [-0.2, -0.15) is 20.2 Å². The second-order valence-electron chi connectivity index (χ2n) is 3.92. The fourth-order valence-corrected chi connectivity index (χ4v) is 1.57. The van der Waals surface area contributed by atoms with Crippen LogP contribution in [0.25, 0.3) is 0 Å². The number of halogens is 1. The molecule has 0 spiro atoms. The Balaban J connectivity index is 2.87. The number of aromatic nitrogens is 3. The van der Waals surface area contributed by atoms with Crippen LogP contribution in [0.1, 0.15) is 19.8 Å². The van der Waals surface area contributed by atoms with Crippen LogP contribution in [0.2, 0.25) is 5.28 Å². The molecule has 0 amide bonds. The van der Waals surface area contributed by atoms with Crippen molar-refractivity contribution in [1.29, 1.82) is 5.26 Å². The van der Waals surface area contributed by atoms with Crippen LogP contribution in [0.5, 0.6) is 6.01 Å². The number of nitrogens with zero attached hydrogens (tertiary/aromatic N) is 5. The molecule has 1 rings (SSSR count). The first-order chi connectivity index (χ1) is 9.71. The Morgan fingerprint density at radius 1 is 1.25 bits per heavy atom. The van der Waals surface area contributed by atoms with Crippen molar-refractivity contribution in [2.45, 2.75) is 19.8 Å². The summed E-state index contributed by atoms with van der Waals surface area (Å²) in [6, 6.07) is 2.29. The van der Waals surface area contributed by atoms with Crippen molar-refractivity contribution in [3.63, 3.8) is 0 Å². The highest BCUT2D eigenvalue weighted by Crippen LogP contribution is 2.15. The van der Waals surface area contributed by atoms with Crippen molar-refractivity contribution >= 4 is 17.5 Å². The molecular weight excluding hydrogens is 282 g/mol. The maximum Gasteiger partial charge on any atom is 0.322 e. The van der Waals surface area contributed by atoms with Gasteiger partial charge in [-0.3, -0.25) is 0 Å². The van der Waals surface area contributed by atoms with E-state index in [-0.39, 0.29) is 11.3 Å². The lowest BCUT2D eigenvalue weighted by Crippen LogP contribution is -2.30. The third kappa shape index (κ3) is 5.55. The molecule has 110 valence electrons. The normalized spacial score (nSPS) is 10.1. The summed E-state index contributed by atoms with van der Waals surface area (Å²) in [6.07, 6.45) is 1.21. The molecule has 0 aromatic carbocycles. The molecule has 1 heterocycles. The van der Waals surface area contributed by atoms with Crippen molar-refractivity contribution in [2.75, 3.05) is 38.3 Å². The van der Waals surface area contributed by atoms with E-state index in [9.17, 15) is 0 Å². The molecule has 0 saturated carbocycles. The minimum absolute atomic E-state index is 0.0699. The highest BCUT2D eigenvalue weighted by molar-refractivity contribution is 6.28. The van der Waals surface area contributed by atoms with Crippen molar-refractivity contribution < 1.29 is 9.47 Å². The third-order valence-electron chi connectivity index (χ3n) is 2.35. The summed E-state index contributed by atoms with van der Waals surface area (Å²) in [5.74, 6) is 0.392. The molecule has 0 unspecified atom stereocenters. The number of hydrogen-bond acceptors (Lipinski definition) is 7. The highest BCUT2D eigenvalue weighted by Gasteiger charge is 2.13. The average molecular weight is 300 g/mol.